The fourth-order valence-corrected chi connectivity index (χ4v) is 1.98. The molecule has 1 aliphatic rings. The van der Waals surface area contributed by atoms with Crippen LogP contribution in [0.5, 0.6) is 0 Å². The molecule has 2 rings (SSSR count). The predicted octanol–water partition coefficient (Wildman–Crippen LogP) is 1.07. The second kappa shape index (κ2) is 4.57. The number of hydrogen-bond acceptors (Lipinski definition) is 3. The first kappa shape index (κ1) is 9.68. The summed E-state index contributed by atoms with van der Waals surface area (Å²) in [6.07, 6.45) is 7.58. The highest BCUT2D eigenvalue weighted by molar-refractivity contribution is 4.88. The minimum absolute atomic E-state index is 0.448. The minimum Gasteiger partial charge on any atom is -0.381 e. The Morgan fingerprint density at radius 1 is 1.64 bits per heavy atom. The molecule has 0 bridgehead atoms. The average Bonchev–Trinajstić information content (AvgIpc) is 2.86. The van der Waals surface area contributed by atoms with E-state index in [0.29, 0.717) is 12.1 Å². The van der Waals surface area contributed by atoms with Gasteiger partial charge in [0, 0.05) is 25.5 Å². The third-order valence-electron chi connectivity index (χ3n) is 2.83. The van der Waals surface area contributed by atoms with Crippen LogP contribution in [0.4, 0.5) is 0 Å². The molecule has 14 heavy (non-hydrogen) atoms. The number of ether oxygens (including phenoxy) is 1. The van der Waals surface area contributed by atoms with E-state index in [-0.39, 0.29) is 0 Å². The van der Waals surface area contributed by atoms with Gasteiger partial charge in [-0.1, -0.05) is 0 Å². The van der Waals surface area contributed by atoms with Crippen molar-refractivity contribution in [3.63, 3.8) is 0 Å². The maximum Gasteiger partial charge on any atom is 0.120 e. The maximum absolute atomic E-state index is 5.31. The summed E-state index contributed by atoms with van der Waals surface area (Å²) >= 11 is 0. The number of hydrogen-bond donors (Lipinski definition) is 2. The molecule has 1 aliphatic carbocycles. The first-order valence-electron chi connectivity index (χ1n) is 5.13. The number of methoxy groups -OCH3 is 1. The summed E-state index contributed by atoms with van der Waals surface area (Å²) in [5, 5.41) is 3.47. The molecule has 0 aliphatic heterocycles. The van der Waals surface area contributed by atoms with Gasteiger partial charge in [-0.3, -0.25) is 0 Å². The summed E-state index contributed by atoms with van der Waals surface area (Å²) in [6.45, 7) is 0.827. The largest absolute Gasteiger partial charge is 0.381 e. The van der Waals surface area contributed by atoms with Crippen molar-refractivity contribution in [3.05, 3.63) is 18.2 Å². The molecule has 2 N–H and O–H groups in total. The lowest BCUT2D eigenvalue weighted by Crippen LogP contribution is -2.27. The van der Waals surface area contributed by atoms with Crippen LogP contribution in [0.15, 0.2) is 12.4 Å². The van der Waals surface area contributed by atoms with E-state index in [2.05, 4.69) is 15.3 Å². The van der Waals surface area contributed by atoms with E-state index in [1.807, 2.05) is 6.20 Å². The highest BCUT2D eigenvalue weighted by Gasteiger charge is 2.23. The highest BCUT2D eigenvalue weighted by Crippen LogP contribution is 2.21. The third kappa shape index (κ3) is 2.33. The Bertz CT molecular complexity index is 260. The molecular weight excluding hydrogens is 178 g/mol. The van der Waals surface area contributed by atoms with E-state index in [4.69, 9.17) is 4.74 Å². The van der Waals surface area contributed by atoms with Gasteiger partial charge in [0.1, 0.15) is 5.82 Å². The molecule has 1 fully saturated rings. The van der Waals surface area contributed by atoms with Gasteiger partial charge in [-0.2, -0.15) is 0 Å². The molecular formula is C10H17N3O. The molecule has 0 amide bonds. The fourth-order valence-electron chi connectivity index (χ4n) is 1.98. The minimum atomic E-state index is 0.448. The summed E-state index contributed by atoms with van der Waals surface area (Å²) in [5.41, 5.74) is 0. The van der Waals surface area contributed by atoms with E-state index in [1.165, 1.54) is 12.8 Å². The van der Waals surface area contributed by atoms with Crippen LogP contribution in [0.1, 0.15) is 25.1 Å². The maximum atomic E-state index is 5.31. The molecule has 1 saturated carbocycles. The fraction of sp³-hybridized carbons (Fsp3) is 0.700. The van der Waals surface area contributed by atoms with Gasteiger partial charge in [0.05, 0.1) is 12.6 Å². The number of rotatable bonds is 4. The molecule has 0 spiro atoms. The van der Waals surface area contributed by atoms with E-state index >= 15 is 0 Å². The Hall–Kier alpha value is -0.870. The monoisotopic (exact) mass is 195 g/mol. The number of aromatic amines is 1. The summed E-state index contributed by atoms with van der Waals surface area (Å²) in [5.74, 6) is 1.01. The van der Waals surface area contributed by atoms with E-state index in [1.54, 1.807) is 13.3 Å². The lowest BCUT2D eigenvalue weighted by Gasteiger charge is -2.11. The molecule has 4 heteroatoms. The summed E-state index contributed by atoms with van der Waals surface area (Å²) in [7, 11) is 1.79. The Morgan fingerprint density at radius 2 is 2.57 bits per heavy atom. The zero-order valence-electron chi connectivity index (χ0n) is 8.49. The van der Waals surface area contributed by atoms with Gasteiger partial charge in [-0.05, 0) is 19.3 Å². The molecule has 4 nitrogen and oxygen atoms in total. The van der Waals surface area contributed by atoms with Gasteiger partial charge in [-0.15, -0.1) is 0 Å². The second-order valence-corrected chi connectivity index (χ2v) is 3.78. The van der Waals surface area contributed by atoms with Crippen LogP contribution < -0.4 is 5.32 Å². The van der Waals surface area contributed by atoms with Gasteiger partial charge < -0.3 is 15.0 Å². The van der Waals surface area contributed by atoms with E-state index in [0.717, 1.165) is 18.8 Å². The van der Waals surface area contributed by atoms with Crippen LogP contribution >= 0.6 is 0 Å². The van der Waals surface area contributed by atoms with Crippen LogP contribution in [0.3, 0.4) is 0 Å². The van der Waals surface area contributed by atoms with Crippen molar-refractivity contribution in [2.45, 2.75) is 38.0 Å². The topological polar surface area (TPSA) is 49.9 Å². The first-order valence-corrected chi connectivity index (χ1v) is 5.13. The zero-order chi connectivity index (χ0) is 9.80. The van der Waals surface area contributed by atoms with Crippen molar-refractivity contribution < 1.29 is 4.74 Å². The van der Waals surface area contributed by atoms with Gasteiger partial charge in [0.2, 0.25) is 0 Å². The lowest BCUT2D eigenvalue weighted by atomic mass is 10.2. The van der Waals surface area contributed by atoms with Crippen LogP contribution in [0.2, 0.25) is 0 Å². The molecule has 1 aromatic rings. The predicted molar refractivity (Wildman–Crippen MR) is 53.9 cm³/mol. The number of nitrogens with one attached hydrogen (secondary N) is 2. The Kier molecular flexibility index (Phi) is 3.16. The Balaban J connectivity index is 1.72. The Morgan fingerprint density at radius 3 is 3.21 bits per heavy atom. The molecule has 1 heterocycles. The SMILES string of the molecule is COC1CCC(NCc2ncc[nH]2)C1. The molecule has 0 aromatic carbocycles. The third-order valence-corrected chi connectivity index (χ3v) is 2.83. The van der Waals surface area contributed by atoms with Crippen LogP contribution in [0.25, 0.3) is 0 Å². The van der Waals surface area contributed by atoms with Crippen LogP contribution in [0, 0.1) is 0 Å². The van der Waals surface area contributed by atoms with Crippen molar-refractivity contribution in [2.75, 3.05) is 7.11 Å². The molecule has 0 radical (unpaired) electrons. The van der Waals surface area contributed by atoms with Crippen molar-refractivity contribution in [3.8, 4) is 0 Å². The molecule has 78 valence electrons. The van der Waals surface area contributed by atoms with E-state index in [9.17, 15) is 0 Å². The number of H-pyrrole nitrogens is 1. The van der Waals surface area contributed by atoms with Gasteiger partial charge in [0.25, 0.3) is 0 Å². The average molecular weight is 195 g/mol. The van der Waals surface area contributed by atoms with Crippen LogP contribution in [-0.2, 0) is 11.3 Å². The number of aromatic nitrogens is 2. The summed E-state index contributed by atoms with van der Waals surface area (Å²) < 4.78 is 5.31. The molecule has 2 atom stereocenters. The smallest absolute Gasteiger partial charge is 0.120 e. The second-order valence-electron chi connectivity index (χ2n) is 3.78. The molecule has 2 unspecified atom stereocenters. The van der Waals surface area contributed by atoms with Crippen LogP contribution in [-0.4, -0.2) is 29.2 Å². The highest BCUT2D eigenvalue weighted by atomic mass is 16.5. The number of nitrogens with zero attached hydrogens (tertiary/aromatic N) is 1. The standard InChI is InChI=1S/C10H17N3O/c1-14-9-3-2-8(6-9)13-7-10-11-4-5-12-10/h4-5,8-9,13H,2-3,6-7H2,1H3,(H,11,12). The molecule has 1 aromatic heterocycles. The van der Waals surface area contributed by atoms with Crippen molar-refractivity contribution >= 4 is 0 Å². The van der Waals surface area contributed by atoms with Gasteiger partial charge in [0.15, 0.2) is 0 Å². The van der Waals surface area contributed by atoms with Crippen molar-refractivity contribution in [2.24, 2.45) is 0 Å². The van der Waals surface area contributed by atoms with Crippen molar-refractivity contribution in [1.82, 2.24) is 15.3 Å². The summed E-state index contributed by atoms with van der Waals surface area (Å²) in [4.78, 5) is 7.25. The van der Waals surface area contributed by atoms with Crippen molar-refractivity contribution in [1.29, 1.82) is 0 Å². The Labute approximate surface area is 84.1 Å². The quantitative estimate of drug-likeness (QED) is 0.755. The normalized spacial score (nSPS) is 26.9. The summed E-state index contributed by atoms with van der Waals surface area (Å²) in [6, 6.07) is 0.588. The molecule has 0 saturated heterocycles. The number of imidazole rings is 1. The van der Waals surface area contributed by atoms with E-state index < -0.39 is 0 Å². The lowest BCUT2D eigenvalue weighted by molar-refractivity contribution is 0.107. The zero-order valence-corrected chi connectivity index (χ0v) is 8.49. The van der Waals surface area contributed by atoms with Gasteiger partial charge >= 0.3 is 0 Å². The first-order chi connectivity index (χ1) is 6.88. The van der Waals surface area contributed by atoms with Gasteiger partial charge in [-0.25, -0.2) is 4.98 Å².